The van der Waals surface area contributed by atoms with Crippen LogP contribution in [0.1, 0.15) is 20.2 Å². The van der Waals surface area contributed by atoms with Crippen molar-refractivity contribution in [1.82, 2.24) is 9.78 Å². The molecule has 10 heteroatoms. The van der Waals surface area contributed by atoms with Gasteiger partial charge in [-0.2, -0.15) is 5.10 Å². The highest BCUT2D eigenvalue weighted by Crippen LogP contribution is 2.37. The summed E-state index contributed by atoms with van der Waals surface area (Å²) in [5.74, 6) is -0.249. The summed E-state index contributed by atoms with van der Waals surface area (Å²) in [6.07, 6.45) is 1.52. The number of ether oxygens (including phenoxy) is 2. The summed E-state index contributed by atoms with van der Waals surface area (Å²) in [6.45, 7) is 0.0550. The molecular formula is C21H15Cl2N3O4S. The average molecular weight is 476 g/mol. The number of esters is 1. The molecule has 4 rings (SSSR count). The molecule has 0 bridgehead atoms. The maximum atomic E-state index is 12.8. The number of fused-ring (bicyclic) bond motifs is 1. The second-order valence-corrected chi connectivity index (χ2v) is 8.21. The van der Waals surface area contributed by atoms with Crippen molar-refractivity contribution in [2.24, 2.45) is 0 Å². The molecule has 0 aliphatic rings. The van der Waals surface area contributed by atoms with E-state index in [-0.39, 0.29) is 12.6 Å². The van der Waals surface area contributed by atoms with Crippen LogP contribution in [0.25, 0.3) is 10.1 Å². The fraction of sp³-hybridized carbons (Fsp3) is 0.0952. The van der Waals surface area contributed by atoms with Gasteiger partial charge >= 0.3 is 5.97 Å². The summed E-state index contributed by atoms with van der Waals surface area (Å²) in [4.78, 5) is 24.9. The van der Waals surface area contributed by atoms with E-state index in [1.54, 1.807) is 48.5 Å². The zero-order valence-corrected chi connectivity index (χ0v) is 18.4. The monoisotopic (exact) mass is 475 g/mol. The molecule has 0 fully saturated rings. The summed E-state index contributed by atoms with van der Waals surface area (Å²) >= 11 is 13.3. The number of amides is 1. The fourth-order valence-electron chi connectivity index (χ4n) is 2.86. The third kappa shape index (κ3) is 4.51. The number of benzene rings is 2. The van der Waals surface area contributed by atoms with Crippen LogP contribution in [-0.4, -0.2) is 28.8 Å². The molecule has 1 N–H and O–H groups in total. The van der Waals surface area contributed by atoms with Gasteiger partial charge in [0.2, 0.25) is 0 Å². The molecular weight excluding hydrogens is 461 g/mol. The molecule has 0 saturated carbocycles. The van der Waals surface area contributed by atoms with Gasteiger partial charge in [-0.05, 0) is 48.5 Å². The van der Waals surface area contributed by atoms with E-state index in [2.05, 4.69) is 10.4 Å². The first-order chi connectivity index (χ1) is 15.0. The molecule has 4 aromatic rings. The molecule has 1 amide bonds. The van der Waals surface area contributed by atoms with Gasteiger partial charge in [0.15, 0.2) is 6.73 Å². The second-order valence-electron chi connectivity index (χ2n) is 6.35. The number of aromatic nitrogens is 2. The van der Waals surface area contributed by atoms with Crippen LogP contribution < -0.4 is 10.1 Å². The van der Waals surface area contributed by atoms with Gasteiger partial charge in [0.25, 0.3) is 5.91 Å². The van der Waals surface area contributed by atoms with E-state index in [0.29, 0.717) is 37.4 Å². The van der Waals surface area contributed by atoms with Crippen molar-refractivity contribution < 1.29 is 19.1 Å². The zero-order chi connectivity index (χ0) is 22.0. The average Bonchev–Trinajstić information content (AvgIpc) is 3.37. The summed E-state index contributed by atoms with van der Waals surface area (Å²) in [7, 11) is 1.30. The van der Waals surface area contributed by atoms with Crippen LogP contribution in [0, 0.1) is 0 Å². The summed E-state index contributed by atoms with van der Waals surface area (Å²) in [5.41, 5.74) is 0.881. The van der Waals surface area contributed by atoms with E-state index in [4.69, 9.17) is 32.7 Å². The standard InChI is InChI=1S/C21H15Cl2N3O4S/c1-29-21(28)19-18(23)15-7-4-13(10-17(15)31-19)25-20(27)16-8-9-24-26(16)11-30-14-5-2-12(22)3-6-14/h2-10H,11H2,1H3,(H,25,27). The van der Waals surface area contributed by atoms with Crippen molar-refractivity contribution in [3.05, 3.63) is 75.3 Å². The number of nitrogens with one attached hydrogen (secondary N) is 1. The first kappa shape index (κ1) is 21.2. The number of methoxy groups -OCH3 is 1. The smallest absolute Gasteiger partial charge is 0.349 e. The minimum atomic E-state index is -0.499. The van der Waals surface area contributed by atoms with E-state index in [1.807, 2.05) is 0 Å². The van der Waals surface area contributed by atoms with Gasteiger partial charge in [-0.1, -0.05) is 23.2 Å². The zero-order valence-electron chi connectivity index (χ0n) is 16.1. The molecule has 0 radical (unpaired) electrons. The molecule has 0 unspecified atom stereocenters. The van der Waals surface area contributed by atoms with E-state index >= 15 is 0 Å². The number of rotatable bonds is 6. The molecule has 31 heavy (non-hydrogen) atoms. The molecule has 2 aromatic carbocycles. The first-order valence-corrected chi connectivity index (χ1v) is 10.6. The molecule has 0 aliphatic carbocycles. The molecule has 7 nitrogen and oxygen atoms in total. The number of thiophene rings is 1. The molecule has 0 atom stereocenters. The van der Waals surface area contributed by atoms with Crippen LogP contribution in [0.2, 0.25) is 10.0 Å². The maximum Gasteiger partial charge on any atom is 0.349 e. The van der Waals surface area contributed by atoms with Crippen molar-refractivity contribution in [2.75, 3.05) is 12.4 Å². The number of carbonyl (C=O) groups is 2. The highest BCUT2D eigenvalue weighted by atomic mass is 35.5. The largest absolute Gasteiger partial charge is 0.471 e. The molecule has 2 heterocycles. The third-order valence-corrected chi connectivity index (χ3v) is 6.26. The van der Waals surface area contributed by atoms with Gasteiger partial charge in [-0.25, -0.2) is 9.48 Å². The van der Waals surface area contributed by atoms with Crippen LogP contribution in [0.3, 0.4) is 0 Å². The summed E-state index contributed by atoms with van der Waals surface area (Å²) in [5, 5.41) is 8.63. The second kappa shape index (κ2) is 8.97. The van der Waals surface area contributed by atoms with Gasteiger partial charge in [0.1, 0.15) is 16.3 Å². The fourth-order valence-corrected chi connectivity index (χ4v) is 4.45. The van der Waals surface area contributed by atoms with Gasteiger partial charge in [0, 0.05) is 27.0 Å². The molecule has 158 valence electrons. The van der Waals surface area contributed by atoms with E-state index < -0.39 is 5.97 Å². The summed E-state index contributed by atoms with van der Waals surface area (Å²) in [6, 6.07) is 13.7. The lowest BCUT2D eigenvalue weighted by Gasteiger charge is -2.10. The number of hydrogen-bond acceptors (Lipinski definition) is 6. The van der Waals surface area contributed by atoms with E-state index in [9.17, 15) is 9.59 Å². The van der Waals surface area contributed by atoms with Gasteiger partial charge in [-0.3, -0.25) is 4.79 Å². The van der Waals surface area contributed by atoms with Gasteiger partial charge in [-0.15, -0.1) is 11.3 Å². The van der Waals surface area contributed by atoms with Crippen molar-refractivity contribution in [3.8, 4) is 5.75 Å². The van der Waals surface area contributed by atoms with Crippen LogP contribution in [0.5, 0.6) is 5.75 Å². The molecule has 0 saturated heterocycles. The highest BCUT2D eigenvalue weighted by Gasteiger charge is 2.19. The SMILES string of the molecule is COC(=O)c1sc2cc(NC(=O)c3ccnn3COc3ccc(Cl)cc3)ccc2c1Cl. The Labute approximate surface area is 191 Å². The van der Waals surface area contributed by atoms with Crippen molar-refractivity contribution in [1.29, 1.82) is 0 Å². The third-order valence-electron chi connectivity index (χ3n) is 4.37. The normalized spacial score (nSPS) is 10.8. The van der Waals surface area contributed by atoms with Gasteiger partial charge in [0.05, 0.1) is 12.1 Å². The summed E-state index contributed by atoms with van der Waals surface area (Å²) < 4.78 is 12.6. The topological polar surface area (TPSA) is 82.5 Å². The predicted molar refractivity (Wildman–Crippen MR) is 120 cm³/mol. The Hall–Kier alpha value is -3.07. The number of hydrogen-bond donors (Lipinski definition) is 1. The van der Waals surface area contributed by atoms with Crippen LogP contribution in [0.4, 0.5) is 5.69 Å². The maximum absolute atomic E-state index is 12.8. The number of anilines is 1. The van der Waals surface area contributed by atoms with Crippen LogP contribution in [-0.2, 0) is 11.5 Å². The van der Waals surface area contributed by atoms with Crippen molar-refractivity contribution >= 4 is 62.2 Å². The van der Waals surface area contributed by atoms with E-state index in [0.717, 1.165) is 4.70 Å². The molecule has 0 aliphatic heterocycles. The lowest BCUT2D eigenvalue weighted by atomic mass is 10.2. The van der Waals surface area contributed by atoms with Crippen molar-refractivity contribution in [2.45, 2.75) is 6.73 Å². The Morgan fingerprint density at radius 3 is 2.65 bits per heavy atom. The Bertz CT molecular complexity index is 1270. The first-order valence-electron chi connectivity index (χ1n) is 8.98. The molecule has 2 aromatic heterocycles. The number of halogens is 2. The Morgan fingerprint density at radius 1 is 1.13 bits per heavy atom. The minimum absolute atomic E-state index is 0.0550. The number of nitrogens with zero attached hydrogens (tertiary/aromatic N) is 2. The Balaban J connectivity index is 1.49. The molecule has 0 spiro atoms. The Morgan fingerprint density at radius 2 is 1.90 bits per heavy atom. The lowest BCUT2D eigenvalue weighted by molar-refractivity contribution is 0.0606. The van der Waals surface area contributed by atoms with Crippen LogP contribution in [0.15, 0.2) is 54.7 Å². The lowest BCUT2D eigenvalue weighted by Crippen LogP contribution is -2.19. The van der Waals surface area contributed by atoms with E-state index in [1.165, 1.54) is 29.3 Å². The highest BCUT2D eigenvalue weighted by molar-refractivity contribution is 7.21. The Kier molecular flexibility index (Phi) is 6.13. The van der Waals surface area contributed by atoms with Crippen LogP contribution >= 0.6 is 34.5 Å². The van der Waals surface area contributed by atoms with Crippen molar-refractivity contribution in [3.63, 3.8) is 0 Å². The predicted octanol–water partition coefficient (Wildman–Crippen LogP) is 5.48. The minimum Gasteiger partial charge on any atom is -0.471 e. The number of carbonyl (C=O) groups excluding carboxylic acids is 2. The van der Waals surface area contributed by atoms with Gasteiger partial charge < -0.3 is 14.8 Å². The quantitative estimate of drug-likeness (QED) is 0.373.